The zero-order chi connectivity index (χ0) is 58.2. The van der Waals surface area contributed by atoms with Crippen LogP contribution in [0.2, 0.25) is 0 Å². The average molecular weight is 1170 g/mol. The highest BCUT2D eigenvalue weighted by molar-refractivity contribution is 5.02. The lowest BCUT2D eigenvalue weighted by molar-refractivity contribution is -0.416. The molecule has 0 aromatic rings. The molecule has 21 rings (SSSR count). The van der Waals surface area contributed by atoms with Crippen molar-refractivity contribution in [2.75, 3.05) is 52.4 Å². The normalized spacial score (nSPS) is 52.5. The van der Waals surface area contributed by atoms with Crippen molar-refractivity contribution in [2.24, 2.45) is 40.1 Å². The number of ether oxygens (including phenoxy) is 15. The van der Waals surface area contributed by atoms with E-state index in [2.05, 4.69) is 6.58 Å². The molecule has 33 unspecified atom stereocenters. The van der Waals surface area contributed by atoms with Crippen LogP contribution in [0.1, 0.15) is 6.42 Å². The monoisotopic (exact) mass is 1170 g/mol. The van der Waals surface area contributed by atoms with E-state index in [4.69, 9.17) is 111 Å². The molecule has 21 fully saturated rings. The van der Waals surface area contributed by atoms with Gasteiger partial charge in [0.25, 0.3) is 0 Å². The molecule has 0 radical (unpaired) electrons. The Labute approximate surface area is 456 Å². The third-order valence-corrected chi connectivity index (χ3v) is 15.5. The standard InChI is InChI=1S/C45H81N7O28/c1-2-3-66-37-30(63)36-19(11-52)73-43(37)79-34-17(9-50)68-38(25(58)20(34)53)67-12-4-45(64,65)44(74-13(12)5-46)80-35-18(10-51)72-41(29(62)24(35)57)77-32-15(7-48)70-39(27(60)22(32)55)75-31-14(6-47)69-40(26(59)21(31)54)76-33-16(8-49)71-42(78-36)28(61)23(33)56/h2,12-44,53-65H,1,3-11,46-52H2. The molecule has 33 atom stereocenters. The van der Waals surface area contributed by atoms with E-state index < -0.39 is 261 Å². The van der Waals surface area contributed by atoms with Crippen molar-refractivity contribution in [3.8, 4) is 0 Å². The average Bonchev–Trinajstić information content (AvgIpc) is 3.50. The van der Waals surface area contributed by atoms with Gasteiger partial charge in [-0.3, -0.25) is 0 Å². The SMILES string of the molecule is C=CCOC1C2OC(CN)C(OC3OC(CN)C(OC4OC(CN)C(OC5OC(CN)C(OC6OC(CN)C(OC7OC(CN)C(CC7(O)O)OC7OC(CN)C(O2)C(O)C7O)C(O)C6O)C(O)C5O)C(O)C4O)C(O)C3O)C1O. The summed E-state index contributed by atoms with van der Waals surface area (Å²) in [5, 5.41) is 150. The topological polar surface area (TPSA) is 584 Å². The Morgan fingerprint density at radius 1 is 0.350 bits per heavy atom. The van der Waals surface area contributed by atoms with Gasteiger partial charge < -0.3 is 178 Å². The van der Waals surface area contributed by atoms with Crippen molar-refractivity contribution in [3.05, 3.63) is 12.7 Å². The maximum Gasteiger partial charge on any atom is 0.218 e. The van der Waals surface area contributed by atoms with Crippen LogP contribution < -0.4 is 40.1 Å². The molecule has 80 heavy (non-hydrogen) atoms. The van der Waals surface area contributed by atoms with Crippen LogP contribution in [0.15, 0.2) is 12.7 Å². The molecule has 35 nitrogen and oxygen atoms in total. The van der Waals surface area contributed by atoms with Gasteiger partial charge in [0.05, 0.1) is 18.8 Å². The predicted molar refractivity (Wildman–Crippen MR) is 256 cm³/mol. The van der Waals surface area contributed by atoms with E-state index in [0.717, 1.165) is 0 Å². The quantitative estimate of drug-likeness (QED) is 0.0713. The third kappa shape index (κ3) is 12.9. The largest absolute Gasteiger partial charge is 0.387 e. The first-order valence-electron chi connectivity index (χ1n) is 26.3. The zero-order valence-electron chi connectivity index (χ0n) is 43.2. The molecule has 0 aliphatic carbocycles. The molecule has 464 valence electrons. The molecule has 0 spiro atoms. The van der Waals surface area contributed by atoms with Crippen LogP contribution in [0.3, 0.4) is 0 Å². The maximum atomic E-state index is 12.0. The Bertz CT molecular complexity index is 1950. The molecule has 21 saturated heterocycles. The Kier molecular flexibility index (Phi) is 22.0. The van der Waals surface area contributed by atoms with Crippen molar-refractivity contribution in [3.63, 3.8) is 0 Å². The number of hydrogen-bond acceptors (Lipinski definition) is 35. The minimum atomic E-state index is -3.01. The lowest BCUT2D eigenvalue weighted by Gasteiger charge is -2.50. The predicted octanol–water partition coefficient (Wildman–Crippen LogP) is -13.9. The molecule has 35 heteroatoms. The van der Waals surface area contributed by atoms with Crippen LogP contribution in [0.25, 0.3) is 0 Å². The number of rotatable bonds is 10. The summed E-state index contributed by atoms with van der Waals surface area (Å²) < 4.78 is 89.5. The summed E-state index contributed by atoms with van der Waals surface area (Å²) in [7, 11) is 0. The molecule has 27 N–H and O–H groups in total. The van der Waals surface area contributed by atoms with Crippen LogP contribution in [0, 0.1) is 0 Å². The highest BCUT2D eigenvalue weighted by Crippen LogP contribution is 2.40. The molecule has 14 bridgehead atoms. The van der Waals surface area contributed by atoms with Gasteiger partial charge in [0.2, 0.25) is 12.1 Å². The van der Waals surface area contributed by atoms with Gasteiger partial charge in [-0.1, -0.05) is 6.08 Å². The van der Waals surface area contributed by atoms with Crippen LogP contribution in [0.4, 0.5) is 0 Å². The number of aliphatic hydroxyl groups is 13. The number of hydrogen-bond donors (Lipinski definition) is 20. The second-order valence-corrected chi connectivity index (χ2v) is 20.8. The van der Waals surface area contributed by atoms with E-state index in [1.807, 2.05) is 0 Å². The van der Waals surface area contributed by atoms with Gasteiger partial charge in [-0.05, 0) is 0 Å². The van der Waals surface area contributed by atoms with Crippen molar-refractivity contribution in [2.45, 2.75) is 215 Å². The number of aliphatic hydroxyl groups excluding tert-OH is 11. The molecule has 0 saturated carbocycles. The van der Waals surface area contributed by atoms with Gasteiger partial charge in [0.15, 0.2) is 37.7 Å². The molecule has 0 amide bonds. The molecular weight excluding hydrogens is 1090 g/mol. The first-order valence-corrected chi connectivity index (χ1v) is 26.3. The zero-order valence-corrected chi connectivity index (χ0v) is 43.2. The Hall–Kier alpha value is -1.66. The summed E-state index contributed by atoms with van der Waals surface area (Å²) >= 11 is 0. The van der Waals surface area contributed by atoms with Crippen molar-refractivity contribution < 1.29 is 137 Å². The van der Waals surface area contributed by atoms with Gasteiger partial charge in [-0.15, -0.1) is 6.58 Å². The van der Waals surface area contributed by atoms with E-state index in [0.29, 0.717) is 0 Å². The minimum Gasteiger partial charge on any atom is -0.387 e. The van der Waals surface area contributed by atoms with E-state index in [9.17, 15) is 66.4 Å². The number of nitrogens with two attached hydrogens (primary N) is 7. The Balaban J connectivity index is 1.10. The van der Waals surface area contributed by atoms with E-state index >= 15 is 0 Å². The van der Waals surface area contributed by atoms with E-state index in [1.54, 1.807) is 0 Å². The van der Waals surface area contributed by atoms with E-state index in [1.165, 1.54) is 6.08 Å². The maximum absolute atomic E-state index is 12.0. The summed E-state index contributed by atoms with van der Waals surface area (Å²) in [5.74, 6) is -3.01. The Morgan fingerprint density at radius 2 is 0.625 bits per heavy atom. The highest BCUT2D eigenvalue weighted by atomic mass is 16.8. The van der Waals surface area contributed by atoms with Crippen molar-refractivity contribution in [1.82, 2.24) is 0 Å². The first kappa shape index (κ1) is 64.3. The lowest BCUT2D eigenvalue weighted by atomic mass is 9.94. The summed E-state index contributed by atoms with van der Waals surface area (Å²) in [4.78, 5) is 0. The fourth-order valence-corrected chi connectivity index (χ4v) is 11.1. The molecular formula is C45H81N7O28. The fourth-order valence-electron chi connectivity index (χ4n) is 11.1. The van der Waals surface area contributed by atoms with Crippen LogP contribution >= 0.6 is 0 Å². The smallest absolute Gasteiger partial charge is 0.218 e. The second-order valence-electron chi connectivity index (χ2n) is 20.8. The third-order valence-electron chi connectivity index (χ3n) is 15.5. The fraction of sp³-hybridized carbons (Fsp3) is 0.956. The summed E-state index contributed by atoms with van der Waals surface area (Å²) in [5.41, 5.74) is 42.5. The second kappa shape index (κ2) is 27.4. The Morgan fingerprint density at radius 3 is 0.938 bits per heavy atom. The van der Waals surface area contributed by atoms with Crippen LogP contribution in [-0.2, 0) is 71.1 Å². The van der Waals surface area contributed by atoms with Crippen LogP contribution in [0.5, 0.6) is 0 Å². The summed E-state index contributed by atoms with van der Waals surface area (Å²) in [6, 6.07) is 0. The lowest BCUT2D eigenvalue weighted by Crippen LogP contribution is -2.69. The molecule has 21 heterocycles. The van der Waals surface area contributed by atoms with Gasteiger partial charge in [-0.25, -0.2) is 0 Å². The van der Waals surface area contributed by atoms with Crippen molar-refractivity contribution >= 4 is 0 Å². The van der Waals surface area contributed by atoms with Crippen LogP contribution in [-0.4, -0.2) is 327 Å². The summed E-state index contributed by atoms with van der Waals surface area (Å²) in [6.07, 6.45) is -56.7. The van der Waals surface area contributed by atoms with Gasteiger partial charge in [0, 0.05) is 52.2 Å². The molecule has 21 aliphatic rings. The van der Waals surface area contributed by atoms with Gasteiger partial charge in [-0.2, -0.15) is 0 Å². The van der Waals surface area contributed by atoms with Gasteiger partial charge in [0.1, 0.15) is 146 Å². The van der Waals surface area contributed by atoms with Gasteiger partial charge >= 0.3 is 0 Å². The summed E-state index contributed by atoms with van der Waals surface area (Å²) in [6.45, 7) is 0.274. The highest BCUT2D eigenvalue weighted by Gasteiger charge is 2.60. The molecule has 0 aromatic carbocycles. The molecule has 0 aromatic heterocycles. The van der Waals surface area contributed by atoms with Crippen molar-refractivity contribution in [1.29, 1.82) is 0 Å². The first-order chi connectivity index (χ1) is 38.1. The minimum absolute atomic E-state index is 0.242. The molecule has 21 aliphatic heterocycles. The van der Waals surface area contributed by atoms with E-state index in [-0.39, 0.29) is 6.61 Å².